The van der Waals surface area contributed by atoms with Gasteiger partial charge in [-0.05, 0) is 50.2 Å². The Morgan fingerprint density at radius 2 is 1.80 bits per heavy atom. The molecule has 0 spiro atoms. The molecule has 3 aromatic rings. The average Bonchev–Trinajstić information content (AvgIpc) is 3.10. The van der Waals surface area contributed by atoms with Gasteiger partial charge in [0.25, 0.3) is 0 Å². The first-order valence-corrected chi connectivity index (χ1v) is 8.64. The minimum absolute atomic E-state index is 0.648. The number of hydrogen-bond acceptors (Lipinski definition) is 4. The molecule has 0 saturated carbocycles. The van der Waals surface area contributed by atoms with E-state index in [0.717, 1.165) is 36.5 Å². The molecule has 25 heavy (non-hydrogen) atoms. The van der Waals surface area contributed by atoms with Gasteiger partial charge in [0.2, 0.25) is 5.89 Å². The molecule has 0 aliphatic rings. The molecule has 0 radical (unpaired) electrons. The average molecular weight is 336 g/mol. The minimum Gasteiger partial charge on any atom is -0.494 e. The third kappa shape index (κ3) is 4.94. The highest BCUT2D eigenvalue weighted by molar-refractivity contribution is 5.54. The van der Waals surface area contributed by atoms with Crippen LogP contribution in [0.25, 0.3) is 11.5 Å². The highest BCUT2D eigenvalue weighted by Gasteiger charge is 2.09. The maximum Gasteiger partial charge on any atom is 0.226 e. The molecule has 1 aromatic heterocycles. The number of nitrogens with zero attached hydrogens (tertiary/aromatic N) is 2. The Labute approximate surface area is 149 Å². The van der Waals surface area contributed by atoms with Gasteiger partial charge in [-0.2, -0.15) is 0 Å². The summed E-state index contributed by atoms with van der Waals surface area (Å²) in [7, 11) is 2.11. The quantitative estimate of drug-likeness (QED) is 0.610. The lowest BCUT2D eigenvalue weighted by Gasteiger charge is -2.14. The van der Waals surface area contributed by atoms with Crippen LogP contribution in [-0.2, 0) is 13.0 Å². The number of ether oxygens (including phenoxy) is 1. The Kier molecular flexibility index (Phi) is 5.86. The number of rotatable bonds is 8. The number of aromatic nitrogens is 1. The van der Waals surface area contributed by atoms with Gasteiger partial charge in [-0.3, -0.25) is 0 Å². The molecular formula is C21H24N2O2. The van der Waals surface area contributed by atoms with Crippen molar-refractivity contribution >= 4 is 0 Å². The molecule has 2 aromatic carbocycles. The van der Waals surface area contributed by atoms with E-state index in [-0.39, 0.29) is 0 Å². The summed E-state index contributed by atoms with van der Waals surface area (Å²) in [6.45, 7) is 4.39. The fraction of sp³-hybridized carbons (Fsp3) is 0.286. The topological polar surface area (TPSA) is 38.5 Å². The van der Waals surface area contributed by atoms with Crippen LogP contribution < -0.4 is 4.74 Å². The Hall–Kier alpha value is -2.59. The zero-order valence-electron chi connectivity index (χ0n) is 14.8. The van der Waals surface area contributed by atoms with Crippen LogP contribution in [0.15, 0.2) is 65.3 Å². The summed E-state index contributed by atoms with van der Waals surface area (Å²) in [5.74, 6) is 1.51. The molecule has 0 aliphatic heterocycles. The van der Waals surface area contributed by atoms with Gasteiger partial charge in [0.1, 0.15) is 12.0 Å². The van der Waals surface area contributed by atoms with Crippen LogP contribution in [0.2, 0.25) is 0 Å². The Bertz CT molecular complexity index is 766. The van der Waals surface area contributed by atoms with Gasteiger partial charge in [-0.15, -0.1) is 0 Å². The van der Waals surface area contributed by atoms with Gasteiger partial charge in [-0.25, -0.2) is 4.98 Å². The molecular weight excluding hydrogens is 312 g/mol. The van der Waals surface area contributed by atoms with Gasteiger partial charge in [0, 0.05) is 18.7 Å². The zero-order chi connectivity index (χ0) is 17.5. The van der Waals surface area contributed by atoms with Crippen molar-refractivity contribution in [1.29, 1.82) is 0 Å². The first kappa shape index (κ1) is 17.2. The molecule has 0 saturated heterocycles. The van der Waals surface area contributed by atoms with Crippen LogP contribution >= 0.6 is 0 Å². The van der Waals surface area contributed by atoms with Crippen LogP contribution in [-0.4, -0.2) is 30.1 Å². The first-order valence-electron chi connectivity index (χ1n) is 8.64. The first-order chi connectivity index (χ1) is 12.2. The normalized spacial score (nSPS) is 11.0. The van der Waals surface area contributed by atoms with Crippen molar-refractivity contribution in [1.82, 2.24) is 9.88 Å². The van der Waals surface area contributed by atoms with Crippen LogP contribution in [0.5, 0.6) is 5.75 Å². The Morgan fingerprint density at radius 1 is 1.04 bits per heavy atom. The van der Waals surface area contributed by atoms with E-state index < -0.39 is 0 Å². The lowest BCUT2D eigenvalue weighted by molar-refractivity contribution is 0.327. The van der Waals surface area contributed by atoms with E-state index in [0.29, 0.717) is 12.5 Å². The predicted octanol–water partition coefficient (Wildman–Crippen LogP) is 4.41. The van der Waals surface area contributed by atoms with E-state index >= 15 is 0 Å². The van der Waals surface area contributed by atoms with Gasteiger partial charge in [0.05, 0.1) is 12.3 Å². The second kappa shape index (κ2) is 8.49. The molecule has 0 bridgehead atoms. The van der Waals surface area contributed by atoms with Crippen molar-refractivity contribution < 1.29 is 9.15 Å². The Morgan fingerprint density at radius 3 is 2.52 bits per heavy atom. The van der Waals surface area contributed by atoms with Crippen LogP contribution in [0.1, 0.15) is 18.2 Å². The molecule has 0 fully saturated rings. The predicted molar refractivity (Wildman–Crippen MR) is 99.6 cm³/mol. The summed E-state index contributed by atoms with van der Waals surface area (Å²) in [5, 5.41) is 0. The molecule has 3 rings (SSSR count). The number of hydrogen-bond donors (Lipinski definition) is 0. The molecule has 0 N–H and O–H groups in total. The molecule has 4 nitrogen and oxygen atoms in total. The van der Waals surface area contributed by atoms with Gasteiger partial charge < -0.3 is 14.1 Å². The van der Waals surface area contributed by atoms with Crippen LogP contribution in [0.3, 0.4) is 0 Å². The molecule has 0 unspecified atom stereocenters. The summed E-state index contributed by atoms with van der Waals surface area (Å²) in [6.07, 6.45) is 2.77. The molecule has 1 heterocycles. The summed E-state index contributed by atoms with van der Waals surface area (Å²) >= 11 is 0. The number of likely N-dealkylation sites (N-methyl/N-ethyl adjacent to an activating group) is 1. The number of oxazole rings is 1. The van der Waals surface area contributed by atoms with Gasteiger partial charge in [-0.1, -0.05) is 30.3 Å². The van der Waals surface area contributed by atoms with Crippen molar-refractivity contribution in [2.24, 2.45) is 0 Å². The van der Waals surface area contributed by atoms with E-state index in [9.17, 15) is 0 Å². The van der Waals surface area contributed by atoms with Crippen molar-refractivity contribution in [3.63, 3.8) is 0 Å². The lowest BCUT2D eigenvalue weighted by atomic mass is 10.1. The van der Waals surface area contributed by atoms with Gasteiger partial charge in [0.15, 0.2) is 0 Å². The smallest absolute Gasteiger partial charge is 0.226 e. The maximum absolute atomic E-state index is 5.64. The van der Waals surface area contributed by atoms with Gasteiger partial charge >= 0.3 is 0 Å². The fourth-order valence-corrected chi connectivity index (χ4v) is 2.69. The molecule has 0 atom stereocenters. The third-order valence-electron chi connectivity index (χ3n) is 4.02. The minimum atomic E-state index is 0.648. The van der Waals surface area contributed by atoms with Crippen molar-refractivity contribution in [3.8, 4) is 17.2 Å². The summed E-state index contributed by atoms with van der Waals surface area (Å²) in [4.78, 5) is 6.86. The molecule has 130 valence electrons. The fourth-order valence-electron chi connectivity index (χ4n) is 2.69. The molecule has 0 aliphatic carbocycles. The number of benzene rings is 2. The largest absolute Gasteiger partial charge is 0.494 e. The monoisotopic (exact) mass is 336 g/mol. The van der Waals surface area contributed by atoms with E-state index in [4.69, 9.17) is 9.15 Å². The molecule has 0 amide bonds. The second-order valence-corrected chi connectivity index (χ2v) is 6.07. The van der Waals surface area contributed by atoms with Crippen LogP contribution in [0, 0.1) is 0 Å². The third-order valence-corrected chi connectivity index (χ3v) is 4.02. The van der Waals surface area contributed by atoms with E-state index in [2.05, 4.69) is 41.2 Å². The second-order valence-electron chi connectivity index (χ2n) is 6.07. The van der Waals surface area contributed by atoms with Crippen molar-refractivity contribution in [2.75, 3.05) is 20.2 Å². The molecule has 4 heteroatoms. The van der Waals surface area contributed by atoms with Crippen LogP contribution in [0.4, 0.5) is 0 Å². The summed E-state index contributed by atoms with van der Waals surface area (Å²) in [5.41, 5.74) is 3.26. The standard InChI is InChI=1S/C21H24N2O2/c1-3-24-20-11-9-18(10-12-20)21-22-19(16-25-21)15-23(2)14-13-17-7-5-4-6-8-17/h4-12,16H,3,13-15H2,1-2H3. The lowest BCUT2D eigenvalue weighted by Crippen LogP contribution is -2.20. The summed E-state index contributed by atoms with van der Waals surface area (Å²) in [6, 6.07) is 18.3. The van der Waals surface area contributed by atoms with E-state index in [1.165, 1.54) is 5.56 Å². The van der Waals surface area contributed by atoms with E-state index in [1.54, 1.807) is 6.26 Å². The SMILES string of the molecule is CCOc1ccc(-c2nc(CN(C)CCc3ccccc3)co2)cc1. The maximum atomic E-state index is 5.64. The van der Waals surface area contributed by atoms with E-state index in [1.807, 2.05) is 37.3 Å². The highest BCUT2D eigenvalue weighted by Crippen LogP contribution is 2.22. The van der Waals surface area contributed by atoms with Crippen molar-refractivity contribution in [2.45, 2.75) is 19.9 Å². The summed E-state index contributed by atoms with van der Waals surface area (Å²) < 4.78 is 11.1. The Balaban J connectivity index is 1.55. The highest BCUT2D eigenvalue weighted by atomic mass is 16.5. The van der Waals surface area contributed by atoms with Crippen molar-refractivity contribution in [3.05, 3.63) is 72.1 Å². The zero-order valence-corrected chi connectivity index (χ0v) is 14.8.